The smallest absolute Gasteiger partial charge is 0.338 e. The van der Waals surface area contributed by atoms with Crippen molar-refractivity contribution < 1.29 is 23.9 Å². The van der Waals surface area contributed by atoms with E-state index < -0.39 is 24.5 Å². The molecule has 2 N–H and O–H groups in total. The van der Waals surface area contributed by atoms with Crippen molar-refractivity contribution >= 4 is 17.9 Å². The van der Waals surface area contributed by atoms with E-state index in [0.717, 1.165) is 12.0 Å². The normalized spacial score (nSPS) is 11.2. The van der Waals surface area contributed by atoms with E-state index in [-0.39, 0.29) is 11.6 Å². The highest BCUT2D eigenvalue weighted by Gasteiger charge is 2.13. The van der Waals surface area contributed by atoms with Crippen LogP contribution in [0.1, 0.15) is 36.2 Å². The molecular weight excluding hydrogens is 360 g/mol. The standard InChI is InChI=1S/C21H24N2O5/c1-3-15(2)22-21(26)23-19(24)14-28-20(25)17-9-11-18(12-10-17)27-13-16-7-5-4-6-8-16/h4-12,15H,3,13-14H2,1-2H3,(H2,22,23,24,26)/t15-/m1/s1. The lowest BCUT2D eigenvalue weighted by Gasteiger charge is -2.12. The van der Waals surface area contributed by atoms with Crippen molar-refractivity contribution in [3.05, 3.63) is 65.7 Å². The van der Waals surface area contributed by atoms with Crippen LogP contribution in [-0.2, 0) is 16.1 Å². The quantitative estimate of drug-likeness (QED) is 0.682. The summed E-state index contributed by atoms with van der Waals surface area (Å²) in [5.41, 5.74) is 1.32. The average molecular weight is 384 g/mol. The molecule has 2 aromatic carbocycles. The summed E-state index contributed by atoms with van der Waals surface area (Å²) in [6.45, 7) is 3.60. The topological polar surface area (TPSA) is 93.7 Å². The lowest BCUT2D eigenvalue weighted by Crippen LogP contribution is -2.44. The van der Waals surface area contributed by atoms with Gasteiger partial charge in [-0.15, -0.1) is 0 Å². The van der Waals surface area contributed by atoms with Gasteiger partial charge in [-0.05, 0) is 43.2 Å². The van der Waals surface area contributed by atoms with Gasteiger partial charge in [-0.3, -0.25) is 10.1 Å². The number of urea groups is 1. The van der Waals surface area contributed by atoms with E-state index in [1.165, 1.54) is 0 Å². The molecule has 0 aliphatic heterocycles. The minimum atomic E-state index is -0.697. The van der Waals surface area contributed by atoms with Crippen LogP contribution in [0.2, 0.25) is 0 Å². The third-order valence-electron chi connectivity index (χ3n) is 3.92. The van der Waals surface area contributed by atoms with Crippen LogP contribution in [-0.4, -0.2) is 30.6 Å². The van der Waals surface area contributed by atoms with Crippen molar-refractivity contribution in [2.45, 2.75) is 32.9 Å². The molecule has 0 aliphatic rings. The molecular formula is C21H24N2O5. The van der Waals surface area contributed by atoms with Gasteiger partial charge in [0, 0.05) is 6.04 Å². The third kappa shape index (κ3) is 7.11. The van der Waals surface area contributed by atoms with Gasteiger partial charge in [-0.25, -0.2) is 9.59 Å². The number of imide groups is 1. The fourth-order valence-electron chi connectivity index (χ4n) is 2.17. The zero-order chi connectivity index (χ0) is 20.4. The lowest BCUT2D eigenvalue weighted by molar-refractivity contribution is -0.123. The Kier molecular flexibility index (Phi) is 8.02. The first-order chi connectivity index (χ1) is 13.5. The zero-order valence-corrected chi connectivity index (χ0v) is 15.9. The fourth-order valence-corrected chi connectivity index (χ4v) is 2.17. The van der Waals surface area contributed by atoms with E-state index in [9.17, 15) is 14.4 Å². The number of esters is 1. The number of benzene rings is 2. The zero-order valence-electron chi connectivity index (χ0n) is 15.9. The minimum Gasteiger partial charge on any atom is -0.489 e. The molecule has 0 bridgehead atoms. The van der Waals surface area contributed by atoms with E-state index >= 15 is 0 Å². The molecule has 148 valence electrons. The molecule has 1 atom stereocenters. The number of rotatable bonds is 8. The molecule has 0 saturated carbocycles. The van der Waals surface area contributed by atoms with Crippen LogP contribution in [0, 0.1) is 0 Å². The number of amides is 3. The summed E-state index contributed by atoms with van der Waals surface area (Å²) >= 11 is 0. The summed E-state index contributed by atoms with van der Waals surface area (Å²) in [6.07, 6.45) is 0.738. The van der Waals surface area contributed by atoms with Gasteiger partial charge in [-0.2, -0.15) is 0 Å². The summed E-state index contributed by atoms with van der Waals surface area (Å²) in [7, 11) is 0. The fraction of sp³-hybridized carbons (Fsp3) is 0.286. The van der Waals surface area contributed by atoms with Crippen molar-refractivity contribution in [2.24, 2.45) is 0 Å². The molecule has 28 heavy (non-hydrogen) atoms. The summed E-state index contributed by atoms with van der Waals surface area (Å²) < 4.78 is 10.6. The first-order valence-corrected chi connectivity index (χ1v) is 9.02. The summed E-state index contributed by atoms with van der Waals surface area (Å²) in [4.78, 5) is 35.2. The monoisotopic (exact) mass is 384 g/mol. The Bertz CT molecular complexity index is 790. The van der Waals surface area contributed by atoms with Crippen LogP contribution < -0.4 is 15.4 Å². The van der Waals surface area contributed by atoms with Gasteiger partial charge in [0.1, 0.15) is 12.4 Å². The second kappa shape index (κ2) is 10.7. The van der Waals surface area contributed by atoms with Crippen LogP contribution in [0.25, 0.3) is 0 Å². The molecule has 7 nitrogen and oxygen atoms in total. The number of carbonyl (C=O) groups is 3. The molecule has 7 heteroatoms. The molecule has 0 unspecified atom stereocenters. The predicted octanol–water partition coefficient (Wildman–Crippen LogP) is 3.05. The Morgan fingerprint density at radius 1 is 1.00 bits per heavy atom. The average Bonchev–Trinajstić information content (AvgIpc) is 2.71. The van der Waals surface area contributed by atoms with Gasteiger partial charge in [-0.1, -0.05) is 37.3 Å². The number of ether oxygens (including phenoxy) is 2. The maximum Gasteiger partial charge on any atom is 0.338 e. The maximum absolute atomic E-state index is 12.0. The van der Waals surface area contributed by atoms with Gasteiger partial charge in [0.05, 0.1) is 5.56 Å². The van der Waals surface area contributed by atoms with Crippen LogP contribution in [0.4, 0.5) is 4.79 Å². The first kappa shape index (κ1) is 21.0. The Labute approximate surface area is 164 Å². The highest BCUT2D eigenvalue weighted by molar-refractivity contribution is 5.97. The molecule has 2 rings (SSSR count). The van der Waals surface area contributed by atoms with E-state index in [1.807, 2.05) is 44.2 Å². The molecule has 0 radical (unpaired) electrons. The van der Waals surface area contributed by atoms with Crippen molar-refractivity contribution in [3.8, 4) is 5.75 Å². The van der Waals surface area contributed by atoms with E-state index in [1.54, 1.807) is 24.3 Å². The second-order valence-corrected chi connectivity index (χ2v) is 6.21. The van der Waals surface area contributed by atoms with Crippen molar-refractivity contribution in [2.75, 3.05) is 6.61 Å². The van der Waals surface area contributed by atoms with E-state index in [0.29, 0.717) is 12.4 Å². The highest BCUT2D eigenvalue weighted by Crippen LogP contribution is 2.15. The minimum absolute atomic E-state index is 0.0574. The Balaban J connectivity index is 1.76. The second-order valence-electron chi connectivity index (χ2n) is 6.21. The number of nitrogens with one attached hydrogen (secondary N) is 2. The van der Waals surface area contributed by atoms with Crippen molar-refractivity contribution in [1.29, 1.82) is 0 Å². The third-order valence-corrected chi connectivity index (χ3v) is 3.92. The molecule has 0 spiro atoms. The Morgan fingerprint density at radius 3 is 2.32 bits per heavy atom. The lowest BCUT2D eigenvalue weighted by atomic mass is 10.2. The first-order valence-electron chi connectivity index (χ1n) is 9.02. The molecule has 0 heterocycles. The van der Waals surface area contributed by atoms with Crippen LogP contribution in [0.5, 0.6) is 5.75 Å². The number of hydrogen-bond acceptors (Lipinski definition) is 5. The highest BCUT2D eigenvalue weighted by atomic mass is 16.5. The predicted molar refractivity (Wildman–Crippen MR) is 104 cm³/mol. The molecule has 0 aliphatic carbocycles. The summed E-state index contributed by atoms with van der Waals surface area (Å²) in [6, 6.07) is 15.4. The van der Waals surface area contributed by atoms with E-state index in [4.69, 9.17) is 9.47 Å². The summed E-state index contributed by atoms with van der Waals surface area (Å²) in [5.74, 6) is -0.746. The van der Waals surface area contributed by atoms with E-state index in [2.05, 4.69) is 10.6 Å². The SMILES string of the molecule is CC[C@@H](C)NC(=O)NC(=O)COC(=O)c1ccc(OCc2ccccc2)cc1. The number of hydrogen-bond donors (Lipinski definition) is 2. The van der Waals surface area contributed by atoms with Crippen molar-refractivity contribution in [3.63, 3.8) is 0 Å². The van der Waals surface area contributed by atoms with Gasteiger partial charge in [0.2, 0.25) is 0 Å². The van der Waals surface area contributed by atoms with Gasteiger partial charge < -0.3 is 14.8 Å². The van der Waals surface area contributed by atoms with Crippen LogP contribution in [0.3, 0.4) is 0 Å². The van der Waals surface area contributed by atoms with Gasteiger partial charge in [0.15, 0.2) is 6.61 Å². The molecule has 0 fully saturated rings. The molecule has 0 aromatic heterocycles. The molecule has 0 saturated heterocycles. The van der Waals surface area contributed by atoms with Crippen LogP contribution in [0.15, 0.2) is 54.6 Å². The van der Waals surface area contributed by atoms with Crippen LogP contribution >= 0.6 is 0 Å². The Morgan fingerprint density at radius 2 is 1.68 bits per heavy atom. The Hall–Kier alpha value is -3.35. The largest absolute Gasteiger partial charge is 0.489 e. The van der Waals surface area contributed by atoms with Crippen molar-refractivity contribution in [1.82, 2.24) is 10.6 Å². The van der Waals surface area contributed by atoms with Gasteiger partial charge >= 0.3 is 12.0 Å². The summed E-state index contributed by atoms with van der Waals surface area (Å²) in [5, 5.41) is 4.69. The van der Waals surface area contributed by atoms with Gasteiger partial charge in [0.25, 0.3) is 5.91 Å². The maximum atomic E-state index is 12.0. The molecule has 3 amide bonds. The number of carbonyl (C=O) groups excluding carboxylic acids is 3. The molecule has 2 aromatic rings.